The molecule has 5 aromatic rings. The molecule has 5 nitrogen and oxygen atoms in total. The maximum atomic E-state index is 4.46. The van der Waals surface area contributed by atoms with Gasteiger partial charge >= 0.3 is 0 Å². The minimum absolute atomic E-state index is 0.0805. The Kier molecular flexibility index (Phi) is 4.09. The molecule has 0 spiro atoms. The van der Waals surface area contributed by atoms with Gasteiger partial charge in [-0.3, -0.25) is 0 Å². The summed E-state index contributed by atoms with van der Waals surface area (Å²) in [5, 5.41) is 12.4. The zero-order valence-corrected chi connectivity index (χ0v) is 17.0. The summed E-state index contributed by atoms with van der Waals surface area (Å²) in [6, 6.07) is 29.5. The average molecular weight is 410 g/mol. The van der Waals surface area contributed by atoms with Crippen molar-refractivity contribution in [1.82, 2.24) is 19.4 Å². The van der Waals surface area contributed by atoms with E-state index in [1.165, 1.54) is 22.0 Å². The minimum Gasteiger partial charge on any atom is -0.318 e. The molecule has 2 aromatic heterocycles. The highest BCUT2D eigenvalue weighted by atomic mass is 32.2. The van der Waals surface area contributed by atoms with Crippen LogP contribution in [0.25, 0.3) is 16.5 Å². The zero-order valence-electron chi connectivity index (χ0n) is 16.1. The highest BCUT2D eigenvalue weighted by Crippen LogP contribution is 2.39. The van der Waals surface area contributed by atoms with Crippen molar-refractivity contribution >= 4 is 22.5 Å². The van der Waals surface area contributed by atoms with Crippen LogP contribution < -0.4 is 5.43 Å². The summed E-state index contributed by atoms with van der Waals surface area (Å²) < 4.78 is 4.26. The molecule has 0 amide bonds. The van der Waals surface area contributed by atoms with Crippen molar-refractivity contribution < 1.29 is 0 Å². The standard InChI is InChI=1S/C24H19N5S/c1-2-11-19(12-3-1)28-15-7-14-21(28)23-27-29-22(25-26-24(29)30-23)16-18-10-6-9-17-8-4-5-13-20(17)18/h1-15,23,27H,16H2. The second kappa shape index (κ2) is 7.07. The SMILES string of the molecule is c1ccc(-n2cccc2C2Nn3c(Cc4cccc5ccccc45)nnc3S2)cc1. The molecule has 0 bridgehead atoms. The number of thioether (sulfide) groups is 1. The lowest BCUT2D eigenvalue weighted by atomic mass is 10.0. The fraction of sp³-hybridized carbons (Fsp3) is 0.0833. The molecule has 6 heteroatoms. The predicted octanol–water partition coefficient (Wildman–Crippen LogP) is 5.16. The van der Waals surface area contributed by atoms with Crippen molar-refractivity contribution in [2.75, 3.05) is 5.43 Å². The summed E-state index contributed by atoms with van der Waals surface area (Å²) in [5.41, 5.74) is 7.19. The van der Waals surface area contributed by atoms with Gasteiger partial charge in [0, 0.05) is 18.3 Å². The number of hydrogen-bond acceptors (Lipinski definition) is 4. The highest BCUT2D eigenvalue weighted by Gasteiger charge is 2.29. The van der Waals surface area contributed by atoms with Crippen molar-refractivity contribution in [3.05, 3.63) is 108 Å². The lowest BCUT2D eigenvalue weighted by molar-refractivity contribution is 0.734. The molecule has 0 saturated carbocycles. The first-order valence-corrected chi connectivity index (χ1v) is 10.8. The Balaban J connectivity index is 1.31. The molecule has 0 saturated heterocycles. The predicted molar refractivity (Wildman–Crippen MR) is 121 cm³/mol. The van der Waals surface area contributed by atoms with Crippen LogP contribution in [0.5, 0.6) is 0 Å². The number of aromatic nitrogens is 4. The Morgan fingerprint density at radius 2 is 1.67 bits per heavy atom. The highest BCUT2D eigenvalue weighted by molar-refractivity contribution is 7.99. The second-order valence-corrected chi connectivity index (χ2v) is 8.39. The molecule has 146 valence electrons. The van der Waals surface area contributed by atoms with Gasteiger partial charge in [0.25, 0.3) is 0 Å². The van der Waals surface area contributed by atoms with Crippen LogP contribution >= 0.6 is 11.8 Å². The number of nitrogens with zero attached hydrogens (tertiary/aromatic N) is 4. The summed E-state index contributed by atoms with van der Waals surface area (Å²) in [6.45, 7) is 0. The van der Waals surface area contributed by atoms with Crippen LogP contribution in [0.15, 0.2) is 96.3 Å². The third-order valence-electron chi connectivity index (χ3n) is 5.48. The number of nitrogens with one attached hydrogen (secondary N) is 1. The molecule has 0 fully saturated rings. The summed E-state index contributed by atoms with van der Waals surface area (Å²) in [7, 11) is 0. The molecule has 1 aliphatic rings. The van der Waals surface area contributed by atoms with E-state index in [0.717, 1.165) is 23.1 Å². The van der Waals surface area contributed by atoms with E-state index >= 15 is 0 Å². The van der Waals surface area contributed by atoms with E-state index < -0.39 is 0 Å². The number of para-hydroxylation sites is 1. The Hall–Kier alpha value is -3.51. The first-order valence-electron chi connectivity index (χ1n) is 9.94. The van der Waals surface area contributed by atoms with E-state index in [1.54, 1.807) is 11.8 Å². The van der Waals surface area contributed by atoms with Crippen LogP contribution in [0, 0.1) is 0 Å². The van der Waals surface area contributed by atoms with Crippen LogP contribution in [0.2, 0.25) is 0 Å². The van der Waals surface area contributed by atoms with Gasteiger partial charge in [-0.25, -0.2) is 4.68 Å². The van der Waals surface area contributed by atoms with E-state index in [1.807, 2.05) is 10.7 Å². The quantitative estimate of drug-likeness (QED) is 0.445. The fourth-order valence-electron chi connectivity index (χ4n) is 4.04. The molecule has 0 aliphatic carbocycles. The third-order valence-corrected chi connectivity index (χ3v) is 6.54. The molecule has 1 N–H and O–H groups in total. The summed E-state index contributed by atoms with van der Waals surface area (Å²) >= 11 is 1.70. The van der Waals surface area contributed by atoms with E-state index in [-0.39, 0.29) is 5.37 Å². The van der Waals surface area contributed by atoms with Gasteiger partial charge in [-0.1, -0.05) is 72.4 Å². The number of hydrogen-bond donors (Lipinski definition) is 1. The van der Waals surface area contributed by atoms with Crippen LogP contribution in [0.4, 0.5) is 0 Å². The van der Waals surface area contributed by atoms with Crippen molar-refractivity contribution in [1.29, 1.82) is 0 Å². The molecule has 3 heterocycles. The number of benzene rings is 3. The maximum absolute atomic E-state index is 4.46. The van der Waals surface area contributed by atoms with Gasteiger partial charge in [-0.2, -0.15) is 0 Å². The molecular weight excluding hydrogens is 390 g/mol. The summed E-state index contributed by atoms with van der Waals surface area (Å²) in [4.78, 5) is 0. The van der Waals surface area contributed by atoms with Gasteiger partial charge in [0.1, 0.15) is 5.37 Å². The van der Waals surface area contributed by atoms with E-state index in [0.29, 0.717) is 0 Å². The number of fused-ring (bicyclic) bond motifs is 2. The van der Waals surface area contributed by atoms with Gasteiger partial charge in [0.2, 0.25) is 5.16 Å². The monoisotopic (exact) mass is 409 g/mol. The topological polar surface area (TPSA) is 47.7 Å². The van der Waals surface area contributed by atoms with Crippen LogP contribution in [0.1, 0.15) is 22.5 Å². The van der Waals surface area contributed by atoms with E-state index in [9.17, 15) is 0 Å². The van der Waals surface area contributed by atoms with E-state index in [2.05, 4.69) is 105 Å². The van der Waals surface area contributed by atoms with Crippen LogP contribution in [0.3, 0.4) is 0 Å². The van der Waals surface area contributed by atoms with Gasteiger partial charge in [-0.15, -0.1) is 10.2 Å². The van der Waals surface area contributed by atoms with Crippen molar-refractivity contribution in [2.45, 2.75) is 17.0 Å². The van der Waals surface area contributed by atoms with Crippen molar-refractivity contribution in [3.63, 3.8) is 0 Å². The fourth-order valence-corrected chi connectivity index (χ4v) is 5.08. The number of rotatable bonds is 4. The van der Waals surface area contributed by atoms with Gasteiger partial charge < -0.3 is 9.99 Å². The molecular formula is C24H19N5S. The molecule has 3 aromatic carbocycles. The zero-order chi connectivity index (χ0) is 19.9. The Labute approximate surface area is 178 Å². The van der Waals surface area contributed by atoms with Gasteiger partial charge in [0.15, 0.2) is 5.82 Å². The Morgan fingerprint density at radius 1 is 0.833 bits per heavy atom. The smallest absolute Gasteiger partial charge is 0.212 e. The lowest BCUT2D eigenvalue weighted by Crippen LogP contribution is -2.17. The van der Waals surface area contributed by atoms with Crippen LogP contribution in [-0.2, 0) is 6.42 Å². The van der Waals surface area contributed by atoms with Crippen molar-refractivity contribution in [2.24, 2.45) is 0 Å². The first kappa shape index (κ1) is 17.4. The van der Waals surface area contributed by atoms with E-state index in [4.69, 9.17) is 0 Å². The maximum Gasteiger partial charge on any atom is 0.212 e. The lowest BCUT2D eigenvalue weighted by Gasteiger charge is -2.16. The summed E-state index contributed by atoms with van der Waals surface area (Å²) in [5.74, 6) is 0.925. The molecule has 1 aliphatic heterocycles. The molecule has 30 heavy (non-hydrogen) atoms. The van der Waals surface area contributed by atoms with Crippen LogP contribution in [-0.4, -0.2) is 19.4 Å². The molecule has 1 unspecified atom stereocenters. The second-order valence-electron chi connectivity index (χ2n) is 7.31. The Bertz CT molecular complexity index is 1330. The minimum atomic E-state index is 0.0805. The summed E-state index contributed by atoms with van der Waals surface area (Å²) in [6.07, 6.45) is 2.83. The largest absolute Gasteiger partial charge is 0.318 e. The van der Waals surface area contributed by atoms with Gasteiger partial charge in [-0.05, 0) is 40.6 Å². The van der Waals surface area contributed by atoms with Crippen molar-refractivity contribution in [3.8, 4) is 5.69 Å². The normalized spacial score (nSPS) is 15.3. The molecule has 0 radical (unpaired) electrons. The molecule has 6 rings (SSSR count). The average Bonchev–Trinajstić information content (AvgIpc) is 3.51. The van der Waals surface area contributed by atoms with Gasteiger partial charge in [0.05, 0.1) is 5.69 Å². The first-order chi connectivity index (χ1) is 14.9. The third kappa shape index (κ3) is 2.88. The molecule has 1 atom stereocenters. The Morgan fingerprint density at radius 3 is 2.60 bits per heavy atom.